The van der Waals surface area contributed by atoms with E-state index in [4.69, 9.17) is 0 Å². The van der Waals surface area contributed by atoms with Gasteiger partial charge in [0.25, 0.3) is 5.91 Å². The lowest BCUT2D eigenvalue weighted by Crippen LogP contribution is -2.40. The van der Waals surface area contributed by atoms with Crippen LogP contribution in [0.1, 0.15) is 36.5 Å². The molecule has 1 amide bonds. The fourth-order valence-electron chi connectivity index (χ4n) is 1.90. The van der Waals surface area contributed by atoms with E-state index in [1.165, 1.54) is 19.3 Å². The second-order valence-electron chi connectivity index (χ2n) is 4.69. The Bertz CT molecular complexity index is 402. The van der Waals surface area contributed by atoms with Crippen molar-refractivity contribution in [2.45, 2.75) is 26.2 Å². The Hall–Kier alpha value is -0.900. The van der Waals surface area contributed by atoms with Gasteiger partial charge in [-0.3, -0.25) is 4.79 Å². The summed E-state index contributed by atoms with van der Waals surface area (Å²) >= 11 is 3.28. The van der Waals surface area contributed by atoms with Crippen LogP contribution in [-0.4, -0.2) is 17.4 Å². The van der Waals surface area contributed by atoms with Gasteiger partial charge in [0, 0.05) is 12.7 Å². The van der Waals surface area contributed by atoms with E-state index in [9.17, 15) is 4.79 Å². The predicted molar refractivity (Wildman–Crippen MR) is 66.2 cm³/mol. The van der Waals surface area contributed by atoms with Crippen molar-refractivity contribution in [3.63, 3.8) is 0 Å². The standard InChI is InChI=1S/C12H15BrN2O/c1-12(5-3-6-12)8-15-11(16)9-4-2-7-14-10(9)13/h2,4,7H,3,5-6,8H2,1H3,(H,15,16). The zero-order chi connectivity index (χ0) is 11.6. The third-order valence-electron chi connectivity index (χ3n) is 3.24. The minimum atomic E-state index is -0.0481. The quantitative estimate of drug-likeness (QED) is 0.867. The molecule has 0 spiro atoms. The first-order valence-electron chi connectivity index (χ1n) is 5.49. The van der Waals surface area contributed by atoms with Crippen molar-refractivity contribution < 1.29 is 4.79 Å². The number of rotatable bonds is 3. The lowest BCUT2D eigenvalue weighted by molar-refractivity contribution is 0.0889. The molecule has 86 valence electrons. The van der Waals surface area contributed by atoms with E-state index in [1.54, 1.807) is 18.3 Å². The van der Waals surface area contributed by atoms with Crippen LogP contribution in [0.15, 0.2) is 22.9 Å². The van der Waals surface area contributed by atoms with E-state index in [2.05, 4.69) is 33.2 Å². The lowest BCUT2D eigenvalue weighted by Gasteiger charge is -2.38. The van der Waals surface area contributed by atoms with Gasteiger partial charge in [-0.2, -0.15) is 0 Å². The monoisotopic (exact) mass is 282 g/mol. The molecule has 1 aromatic heterocycles. The summed E-state index contributed by atoms with van der Waals surface area (Å²) in [5.41, 5.74) is 0.912. The van der Waals surface area contributed by atoms with Crippen molar-refractivity contribution in [1.82, 2.24) is 10.3 Å². The molecule has 0 unspecified atom stereocenters. The van der Waals surface area contributed by atoms with Gasteiger partial charge < -0.3 is 5.32 Å². The van der Waals surface area contributed by atoms with E-state index in [0.29, 0.717) is 15.6 Å². The van der Waals surface area contributed by atoms with Crippen LogP contribution in [0, 0.1) is 5.41 Å². The fraction of sp³-hybridized carbons (Fsp3) is 0.500. The molecular formula is C12H15BrN2O. The van der Waals surface area contributed by atoms with Crippen molar-refractivity contribution in [3.8, 4) is 0 Å². The van der Waals surface area contributed by atoms with Crippen LogP contribution >= 0.6 is 15.9 Å². The molecule has 1 aliphatic carbocycles. The zero-order valence-electron chi connectivity index (χ0n) is 9.29. The summed E-state index contributed by atoms with van der Waals surface area (Å²) in [4.78, 5) is 15.9. The number of carbonyl (C=O) groups is 1. The minimum absolute atomic E-state index is 0.0481. The number of pyridine rings is 1. The van der Waals surface area contributed by atoms with Crippen LogP contribution in [-0.2, 0) is 0 Å². The van der Waals surface area contributed by atoms with E-state index < -0.39 is 0 Å². The molecule has 16 heavy (non-hydrogen) atoms. The Morgan fingerprint density at radius 2 is 2.38 bits per heavy atom. The maximum atomic E-state index is 11.9. The third kappa shape index (κ3) is 2.43. The SMILES string of the molecule is CC1(CNC(=O)c2cccnc2Br)CCC1. The first-order valence-corrected chi connectivity index (χ1v) is 6.29. The topological polar surface area (TPSA) is 42.0 Å². The number of nitrogens with zero attached hydrogens (tertiary/aromatic N) is 1. The fourth-order valence-corrected chi connectivity index (χ4v) is 2.33. The molecule has 2 rings (SSSR count). The second-order valence-corrected chi connectivity index (χ2v) is 5.44. The Balaban J connectivity index is 1.96. The summed E-state index contributed by atoms with van der Waals surface area (Å²) in [6.07, 6.45) is 5.36. The van der Waals surface area contributed by atoms with Crippen LogP contribution in [0.5, 0.6) is 0 Å². The summed E-state index contributed by atoms with van der Waals surface area (Å²) in [6.45, 7) is 2.97. The van der Waals surface area contributed by atoms with Gasteiger partial charge in [-0.15, -0.1) is 0 Å². The zero-order valence-corrected chi connectivity index (χ0v) is 10.9. The highest BCUT2D eigenvalue weighted by molar-refractivity contribution is 9.10. The summed E-state index contributed by atoms with van der Waals surface area (Å²) in [5, 5.41) is 2.97. The maximum absolute atomic E-state index is 11.9. The number of carbonyl (C=O) groups excluding carboxylic acids is 1. The molecule has 0 radical (unpaired) electrons. The van der Waals surface area contributed by atoms with Crippen molar-refractivity contribution in [2.75, 3.05) is 6.54 Å². The number of amides is 1. The summed E-state index contributed by atoms with van der Waals surface area (Å²) in [7, 11) is 0. The van der Waals surface area contributed by atoms with Gasteiger partial charge in [-0.1, -0.05) is 13.3 Å². The van der Waals surface area contributed by atoms with Gasteiger partial charge >= 0.3 is 0 Å². The van der Waals surface area contributed by atoms with Gasteiger partial charge in [0.1, 0.15) is 4.60 Å². The molecule has 1 aliphatic rings. The van der Waals surface area contributed by atoms with Gasteiger partial charge in [0.05, 0.1) is 5.56 Å². The minimum Gasteiger partial charge on any atom is -0.351 e. The van der Waals surface area contributed by atoms with Crippen LogP contribution in [0.2, 0.25) is 0 Å². The normalized spacial score (nSPS) is 17.6. The first-order chi connectivity index (χ1) is 7.61. The Labute approximate surface area is 104 Å². The average molecular weight is 283 g/mol. The first kappa shape index (κ1) is 11.6. The summed E-state index contributed by atoms with van der Waals surface area (Å²) in [5.74, 6) is -0.0481. The molecule has 0 bridgehead atoms. The van der Waals surface area contributed by atoms with Crippen LogP contribution in [0.3, 0.4) is 0 Å². The lowest BCUT2D eigenvalue weighted by atomic mass is 9.70. The largest absolute Gasteiger partial charge is 0.351 e. The van der Waals surface area contributed by atoms with Crippen molar-refractivity contribution in [2.24, 2.45) is 5.41 Å². The highest BCUT2D eigenvalue weighted by atomic mass is 79.9. The molecule has 1 saturated carbocycles. The average Bonchev–Trinajstić information content (AvgIpc) is 2.24. The number of hydrogen-bond acceptors (Lipinski definition) is 2. The molecule has 1 aromatic rings. The molecule has 3 nitrogen and oxygen atoms in total. The number of aromatic nitrogens is 1. The predicted octanol–water partition coefficient (Wildman–Crippen LogP) is 2.76. The molecule has 0 aliphatic heterocycles. The van der Waals surface area contributed by atoms with Gasteiger partial charge in [0.15, 0.2) is 0 Å². The highest BCUT2D eigenvalue weighted by Crippen LogP contribution is 2.39. The number of nitrogens with one attached hydrogen (secondary N) is 1. The molecule has 0 saturated heterocycles. The third-order valence-corrected chi connectivity index (χ3v) is 3.87. The van der Waals surface area contributed by atoms with Crippen molar-refractivity contribution in [3.05, 3.63) is 28.5 Å². The second kappa shape index (κ2) is 4.53. The van der Waals surface area contributed by atoms with E-state index in [1.807, 2.05) is 0 Å². The molecule has 0 atom stereocenters. The van der Waals surface area contributed by atoms with Gasteiger partial charge in [0.2, 0.25) is 0 Å². The van der Waals surface area contributed by atoms with E-state index in [0.717, 1.165) is 6.54 Å². The summed E-state index contributed by atoms with van der Waals surface area (Å²) < 4.78 is 0.603. The molecule has 4 heteroatoms. The smallest absolute Gasteiger partial charge is 0.254 e. The number of halogens is 1. The molecule has 0 aromatic carbocycles. The van der Waals surface area contributed by atoms with Crippen LogP contribution in [0.25, 0.3) is 0 Å². The van der Waals surface area contributed by atoms with E-state index >= 15 is 0 Å². The molecule has 1 fully saturated rings. The highest BCUT2D eigenvalue weighted by Gasteiger charge is 2.32. The van der Waals surface area contributed by atoms with Crippen molar-refractivity contribution in [1.29, 1.82) is 0 Å². The summed E-state index contributed by atoms with van der Waals surface area (Å²) in [6, 6.07) is 3.54. The van der Waals surface area contributed by atoms with E-state index in [-0.39, 0.29) is 5.91 Å². The number of hydrogen-bond donors (Lipinski definition) is 1. The molecule has 1 N–H and O–H groups in total. The van der Waals surface area contributed by atoms with Crippen LogP contribution < -0.4 is 5.32 Å². The Kier molecular flexibility index (Phi) is 3.28. The Morgan fingerprint density at radius 3 is 2.94 bits per heavy atom. The maximum Gasteiger partial charge on any atom is 0.254 e. The van der Waals surface area contributed by atoms with Crippen LogP contribution in [0.4, 0.5) is 0 Å². The molecular weight excluding hydrogens is 268 g/mol. The Morgan fingerprint density at radius 1 is 1.62 bits per heavy atom. The van der Waals surface area contributed by atoms with Crippen molar-refractivity contribution >= 4 is 21.8 Å². The molecule has 1 heterocycles. The van der Waals surface area contributed by atoms with Gasteiger partial charge in [-0.25, -0.2) is 4.98 Å². The van der Waals surface area contributed by atoms with Gasteiger partial charge in [-0.05, 0) is 46.3 Å².